The molecular weight excluding hydrogens is 424 g/mol. The van der Waals surface area contributed by atoms with Gasteiger partial charge in [0.15, 0.2) is 0 Å². The lowest BCUT2D eigenvalue weighted by atomic mass is 10.0. The van der Waals surface area contributed by atoms with Gasteiger partial charge in [-0.25, -0.2) is 0 Å². The van der Waals surface area contributed by atoms with E-state index in [1.807, 2.05) is 62.4 Å². The molecule has 3 aromatic carbocycles. The monoisotopic (exact) mass is 452 g/mol. The summed E-state index contributed by atoms with van der Waals surface area (Å²) in [5.74, 6) is -0.408. The summed E-state index contributed by atoms with van der Waals surface area (Å²) in [5.41, 5.74) is 17.0. The Bertz CT molecular complexity index is 1240. The maximum absolute atomic E-state index is 12.5. The molecule has 172 valence electrons. The lowest BCUT2D eigenvalue weighted by Gasteiger charge is -2.09. The SMILES string of the molecule is C\C=C(/C=C\C(=C/C)c1ccc(NC(=O)c2ccc(N)cc2)cc1)NC(=O)c1ccc(N)cc1. The van der Waals surface area contributed by atoms with Gasteiger partial charge >= 0.3 is 0 Å². The number of anilines is 3. The molecule has 0 spiro atoms. The highest BCUT2D eigenvalue weighted by molar-refractivity contribution is 6.04. The van der Waals surface area contributed by atoms with E-state index in [9.17, 15) is 9.59 Å². The minimum Gasteiger partial charge on any atom is -0.399 e. The molecule has 6 heteroatoms. The van der Waals surface area contributed by atoms with E-state index in [2.05, 4.69) is 10.6 Å². The zero-order valence-corrected chi connectivity index (χ0v) is 19.2. The van der Waals surface area contributed by atoms with Crippen LogP contribution in [0.15, 0.2) is 103 Å². The van der Waals surface area contributed by atoms with E-state index in [0.29, 0.717) is 33.9 Å². The molecule has 6 N–H and O–H groups in total. The molecule has 0 atom stereocenters. The molecule has 0 saturated carbocycles. The summed E-state index contributed by atoms with van der Waals surface area (Å²) in [6.45, 7) is 3.80. The summed E-state index contributed by atoms with van der Waals surface area (Å²) in [4.78, 5) is 24.9. The Morgan fingerprint density at radius 3 is 1.65 bits per heavy atom. The van der Waals surface area contributed by atoms with Crippen molar-refractivity contribution in [3.8, 4) is 0 Å². The largest absolute Gasteiger partial charge is 0.399 e. The molecule has 0 fully saturated rings. The first-order chi connectivity index (χ1) is 16.4. The Kier molecular flexibility index (Phi) is 8.02. The van der Waals surface area contributed by atoms with Crippen molar-refractivity contribution in [1.29, 1.82) is 0 Å². The summed E-state index contributed by atoms with van der Waals surface area (Å²) in [5, 5.41) is 5.78. The number of nitrogens with one attached hydrogen (secondary N) is 2. The van der Waals surface area contributed by atoms with Crippen LogP contribution >= 0.6 is 0 Å². The number of rotatable bonds is 7. The van der Waals surface area contributed by atoms with Crippen molar-refractivity contribution in [3.05, 3.63) is 119 Å². The predicted octanol–water partition coefficient (Wildman–Crippen LogP) is 5.40. The van der Waals surface area contributed by atoms with Gasteiger partial charge in [-0.1, -0.05) is 30.4 Å². The van der Waals surface area contributed by atoms with E-state index >= 15 is 0 Å². The standard InChI is InChI=1S/C28H28N4O2/c1-3-19(9-16-25(4-2)31-27(33)21-5-12-23(29)13-6-21)20-10-17-26(18-11-20)32-28(34)22-7-14-24(30)15-8-22/h3-18H,29-30H2,1-2H3,(H,31,33)(H,32,34)/b16-9-,19-3+,25-4+. The number of hydrogen-bond acceptors (Lipinski definition) is 4. The van der Waals surface area contributed by atoms with Gasteiger partial charge in [-0.05, 0) is 91.7 Å². The van der Waals surface area contributed by atoms with Crippen LogP contribution in [0.25, 0.3) is 5.57 Å². The third-order valence-electron chi connectivity index (χ3n) is 5.14. The highest BCUT2D eigenvalue weighted by Gasteiger charge is 2.08. The predicted molar refractivity (Wildman–Crippen MR) is 140 cm³/mol. The summed E-state index contributed by atoms with van der Waals surface area (Å²) in [6.07, 6.45) is 7.59. The van der Waals surface area contributed by atoms with Crippen molar-refractivity contribution < 1.29 is 9.59 Å². The Morgan fingerprint density at radius 1 is 0.647 bits per heavy atom. The van der Waals surface area contributed by atoms with Gasteiger partial charge in [0, 0.05) is 33.9 Å². The van der Waals surface area contributed by atoms with E-state index in [4.69, 9.17) is 11.5 Å². The van der Waals surface area contributed by atoms with Gasteiger partial charge in [0.1, 0.15) is 0 Å². The zero-order chi connectivity index (χ0) is 24.5. The highest BCUT2D eigenvalue weighted by Crippen LogP contribution is 2.20. The normalized spacial score (nSPS) is 11.9. The summed E-state index contributed by atoms with van der Waals surface area (Å²) < 4.78 is 0. The van der Waals surface area contributed by atoms with Crippen molar-refractivity contribution in [2.75, 3.05) is 16.8 Å². The lowest BCUT2D eigenvalue weighted by Crippen LogP contribution is -2.21. The number of hydrogen-bond donors (Lipinski definition) is 4. The maximum atomic E-state index is 12.5. The molecule has 0 aromatic heterocycles. The van der Waals surface area contributed by atoms with E-state index in [1.54, 1.807) is 48.5 Å². The average molecular weight is 453 g/mol. The Hall–Kier alpha value is -4.58. The van der Waals surface area contributed by atoms with E-state index in [-0.39, 0.29) is 11.8 Å². The summed E-state index contributed by atoms with van der Waals surface area (Å²) in [6, 6.07) is 21.1. The molecule has 0 aliphatic carbocycles. The van der Waals surface area contributed by atoms with Crippen molar-refractivity contribution in [1.82, 2.24) is 5.32 Å². The van der Waals surface area contributed by atoms with Crippen molar-refractivity contribution in [2.24, 2.45) is 0 Å². The molecule has 0 bridgehead atoms. The molecule has 0 unspecified atom stereocenters. The third kappa shape index (κ3) is 6.46. The smallest absolute Gasteiger partial charge is 0.255 e. The fourth-order valence-corrected chi connectivity index (χ4v) is 3.17. The van der Waals surface area contributed by atoms with Crippen molar-refractivity contribution in [3.63, 3.8) is 0 Å². The van der Waals surface area contributed by atoms with Gasteiger partial charge in [-0.15, -0.1) is 0 Å². The van der Waals surface area contributed by atoms with Gasteiger partial charge in [-0.3, -0.25) is 9.59 Å². The summed E-state index contributed by atoms with van der Waals surface area (Å²) >= 11 is 0. The number of amides is 2. The maximum Gasteiger partial charge on any atom is 0.255 e. The van der Waals surface area contributed by atoms with Gasteiger partial charge in [0.05, 0.1) is 0 Å². The fourth-order valence-electron chi connectivity index (χ4n) is 3.17. The number of nitrogen functional groups attached to an aromatic ring is 2. The quantitative estimate of drug-likeness (QED) is 0.284. The van der Waals surface area contributed by atoms with Crippen LogP contribution in [0.1, 0.15) is 40.1 Å². The molecule has 3 aromatic rings. The second kappa shape index (κ2) is 11.3. The molecule has 0 aliphatic rings. The zero-order valence-electron chi connectivity index (χ0n) is 19.2. The van der Waals surface area contributed by atoms with Crippen LogP contribution in [0.2, 0.25) is 0 Å². The van der Waals surface area contributed by atoms with Gasteiger partial charge in [0.2, 0.25) is 0 Å². The molecule has 0 radical (unpaired) electrons. The number of carbonyl (C=O) groups excluding carboxylic acids is 2. The first kappa shape index (κ1) is 24.1. The van der Waals surface area contributed by atoms with Gasteiger partial charge in [-0.2, -0.15) is 0 Å². The van der Waals surface area contributed by atoms with E-state index in [1.165, 1.54) is 0 Å². The Morgan fingerprint density at radius 2 is 1.15 bits per heavy atom. The van der Waals surface area contributed by atoms with Crippen molar-refractivity contribution >= 4 is 34.4 Å². The molecule has 34 heavy (non-hydrogen) atoms. The molecular formula is C28H28N4O2. The topological polar surface area (TPSA) is 110 Å². The molecule has 0 heterocycles. The third-order valence-corrected chi connectivity index (χ3v) is 5.14. The number of nitrogens with two attached hydrogens (primary N) is 2. The van der Waals surface area contributed by atoms with Crippen LogP contribution < -0.4 is 22.1 Å². The van der Waals surface area contributed by atoms with Crippen LogP contribution in [0.3, 0.4) is 0 Å². The van der Waals surface area contributed by atoms with Gasteiger partial charge in [0.25, 0.3) is 11.8 Å². The first-order valence-corrected chi connectivity index (χ1v) is 10.8. The fraction of sp³-hybridized carbons (Fsp3) is 0.0714. The second-order valence-corrected chi connectivity index (χ2v) is 7.55. The van der Waals surface area contributed by atoms with E-state index < -0.39 is 0 Å². The van der Waals surface area contributed by atoms with Gasteiger partial charge < -0.3 is 22.1 Å². The highest BCUT2D eigenvalue weighted by atomic mass is 16.2. The summed E-state index contributed by atoms with van der Waals surface area (Å²) in [7, 11) is 0. The van der Waals surface area contributed by atoms with Crippen LogP contribution in [-0.2, 0) is 0 Å². The number of allylic oxidation sites excluding steroid dienone is 5. The lowest BCUT2D eigenvalue weighted by molar-refractivity contribution is 0.0966. The number of carbonyl (C=O) groups is 2. The second-order valence-electron chi connectivity index (χ2n) is 7.55. The minimum absolute atomic E-state index is 0.200. The van der Waals surface area contributed by atoms with Crippen LogP contribution in [-0.4, -0.2) is 11.8 Å². The molecule has 3 rings (SSSR count). The first-order valence-electron chi connectivity index (χ1n) is 10.8. The molecule has 6 nitrogen and oxygen atoms in total. The van der Waals surface area contributed by atoms with Crippen molar-refractivity contribution in [2.45, 2.75) is 13.8 Å². The van der Waals surface area contributed by atoms with Crippen LogP contribution in [0.4, 0.5) is 17.1 Å². The Labute approximate surface area is 199 Å². The molecule has 0 saturated heterocycles. The number of benzene rings is 3. The minimum atomic E-state index is -0.207. The van der Waals surface area contributed by atoms with E-state index in [0.717, 1.165) is 11.1 Å². The molecule has 0 aliphatic heterocycles. The Balaban J connectivity index is 1.64. The average Bonchev–Trinajstić information content (AvgIpc) is 2.85. The van der Waals surface area contributed by atoms with Crippen LogP contribution in [0.5, 0.6) is 0 Å². The van der Waals surface area contributed by atoms with Crippen LogP contribution in [0, 0.1) is 0 Å². The molecule has 2 amide bonds.